The predicted molar refractivity (Wildman–Crippen MR) is 63.2 cm³/mol. The van der Waals surface area contributed by atoms with E-state index in [1.54, 1.807) is 0 Å². The Hall–Kier alpha value is -1.16. The Kier molecular flexibility index (Phi) is 3.91. The summed E-state index contributed by atoms with van der Waals surface area (Å²) in [6.45, 7) is 0. The normalized spacial score (nSPS) is 9.87. The van der Waals surface area contributed by atoms with Crippen LogP contribution in [0.2, 0.25) is 0 Å². The molecule has 0 amide bonds. The Morgan fingerprint density at radius 2 is 1.00 bits per heavy atom. The SMILES string of the molecule is [CH](=[Pd]=[CH]c1ccccc1)c1ccccc1. The summed E-state index contributed by atoms with van der Waals surface area (Å²) in [4.78, 5) is 0. The fourth-order valence-electron chi connectivity index (χ4n) is 1.18. The summed E-state index contributed by atoms with van der Waals surface area (Å²) in [5.41, 5.74) is 2.61. The first-order valence-corrected chi connectivity index (χ1v) is 6.56. The molecule has 0 atom stereocenters. The summed E-state index contributed by atoms with van der Waals surface area (Å²) >= 11 is 0.543. The Labute approximate surface area is 97.8 Å². The van der Waals surface area contributed by atoms with Crippen LogP contribution >= 0.6 is 0 Å². The van der Waals surface area contributed by atoms with Crippen molar-refractivity contribution in [3.63, 3.8) is 0 Å². The van der Waals surface area contributed by atoms with Crippen LogP contribution in [0.25, 0.3) is 0 Å². The van der Waals surface area contributed by atoms with Crippen LogP contribution in [0.3, 0.4) is 0 Å². The van der Waals surface area contributed by atoms with Crippen LogP contribution in [0.4, 0.5) is 0 Å². The molecule has 0 saturated carbocycles. The molecule has 0 saturated heterocycles. The fraction of sp³-hybridized carbons (Fsp3) is 0. The zero-order valence-electron chi connectivity index (χ0n) is 8.24. The molecule has 0 bridgehead atoms. The second kappa shape index (κ2) is 5.66. The van der Waals surface area contributed by atoms with E-state index in [4.69, 9.17) is 0 Å². The second-order valence-electron chi connectivity index (χ2n) is 3.11. The van der Waals surface area contributed by atoms with E-state index in [0.717, 1.165) is 0 Å². The molecule has 0 nitrogen and oxygen atoms in total. The summed E-state index contributed by atoms with van der Waals surface area (Å²) in [7, 11) is 0. The van der Waals surface area contributed by atoms with Crippen LogP contribution in [0, 0.1) is 0 Å². The Morgan fingerprint density at radius 1 is 0.600 bits per heavy atom. The molecule has 0 aliphatic heterocycles. The van der Waals surface area contributed by atoms with Crippen molar-refractivity contribution < 1.29 is 17.1 Å². The molecule has 0 unspecified atom stereocenters. The van der Waals surface area contributed by atoms with Gasteiger partial charge < -0.3 is 0 Å². The van der Waals surface area contributed by atoms with Crippen LogP contribution in [0.5, 0.6) is 0 Å². The van der Waals surface area contributed by atoms with Gasteiger partial charge in [0.15, 0.2) is 0 Å². The van der Waals surface area contributed by atoms with Crippen molar-refractivity contribution in [2.75, 3.05) is 0 Å². The molecule has 0 fully saturated rings. The average molecular weight is 287 g/mol. The molecule has 2 aromatic carbocycles. The number of benzene rings is 2. The van der Waals surface area contributed by atoms with E-state index in [-0.39, 0.29) is 0 Å². The molecule has 0 aromatic heterocycles. The van der Waals surface area contributed by atoms with E-state index in [9.17, 15) is 0 Å². The average Bonchev–Trinajstić information content (AvgIpc) is 2.32. The van der Waals surface area contributed by atoms with Gasteiger partial charge in [-0.15, -0.1) is 0 Å². The van der Waals surface area contributed by atoms with E-state index < -0.39 is 0 Å². The standard InChI is InChI=1S/2C7H6.Pd/c2*1-7-5-3-2-4-6-7;/h2*1-6H;. The zero-order chi connectivity index (χ0) is 10.3. The molecule has 2 rings (SSSR count). The van der Waals surface area contributed by atoms with Crippen LogP contribution in [0.15, 0.2) is 60.7 Å². The third kappa shape index (κ3) is 3.48. The monoisotopic (exact) mass is 286 g/mol. The molecule has 0 aliphatic carbocycles. The molecule has 1 heteroatoms. The van der Waals surface area contributed by atoms with E-state index in [1.807, 2.05) is 12.1 Å². The molecular weight excluding hydrogens is 275 g/mol. The van der Waals surface area contributed by atoms with Gasteiger partial charge in [-0.25, -0.2) is 0 Å². The van der Waals surface area contributed by atoms with E-state index in [2.05, 4.69) is 57.5 Å². The summed E-state index contributed by atoms with van der Waals surface area (Å²) in [6.07, 6.45) is 0. The molecule has 0 aliphatic rings. The van der Waals surface area contributed by atoms with Gasteiger partial charge in [-0.05, 0) is 0 Å². The van der Waals surface area contributed by atoms with Gasteiger partial charge in [0.1, 0.15) is 0 Å². The van der Waals surface area contributed by atoms with Crippen LogP contribution in [-0.2, 0) is 17.1 Å². The van der Waals surface area contributed by atoms with E-state index in [0.29, 0.717) is 17.1 Å². The minimum atomic E-state index is 0.543. The topological polar surface area (TPSA) is 0 Å². The minimum absolute atomic E-state index is 0.543. The van der Waals surface area contributed by atoms with Gasteiger partial charge in [0.2, 0.25) is 0 Å². The van der Waals surface area contributed by atoms with Gasteiger partial charge >= 0.3 is 97.8 Å². The van der Waals surface area contributed by atoms with Crippen molar-refractivity contribution in [1.29, 1.82) is 0 Å². The van der Waals surface area contributed by atoms with Crippen molar-refractivity contribution in [2.45, 2.75) is 0 Å². The van der Waals surface area contributed by atoms with Gasteiger partial charge in [-0.1, -0.05) is 0 Å². The van der Waals surface area contributed by atoms with Crippen LogP contribution in [-0.4, -0.2) is 8.97 Å². The third-order valence-corrected chi connectivity index (χ3v) is 3.47. The first kappa shape index (κ1) is 10.4. The Morgan fingerprint density at radius 3 is 1.40 bits per heavy atom. The van der Waals surface area contributed by atoms with E-state index >= 15 is 0 Å². The van der Waals surface area contributed by atoms with Gasteiger partial charge in [-0.2, -0.15) is 0 Å². The van der Waals surface area contributed by atoms with Gasteiger partial charge in [0, 0.05) is 0 Å². The summed E-state index contributed by atoms with van der Waals surface area (Å²) in [6, 6.07) is 20.9. The molecular formula is C14H12Pd. The first-order valence-electron chi connectivity index (χ1n) is 4.76. The van der Waals surface area contributed by atoms with Crippen LogP contribution < -0.4 is 0 Å². The van der Waals surface area contributed by atoms with Crippen molar-refractivity contribution in [3.8, 4) is 0 Å². The quantitative estimate of drug-likeness (QED) is 0.745. The predicted octanol–water partition coefficient (Wildman–Crippen LogP) is 2.77. The van der Waals surface area contributed by atoms with Crippen LogP contribution in [0.1, 0.15) is 11.1 Å². The molecule has 0 heterocycles. The second-order valence-corrected chi connectivity index (χ2v) is 4.53. The van der Waals surface area contributed by atoms with Crippen molar-refractivity contribution in [1.82, 2.24) is 0 Å². The van der Waals surface area contributed by atoms with Gasteiger partial charge in [-0.3, -0.25) is 0 Å². The molecule has 0 N–H and O–H groups in total. The van der Waals surface area contributed by atoms with Crippen molar-refractivity contribution >= 4 is 8.97 Å². The molecule has 0 spiro atoms. The van der Waals surface area contributed by atoms with Crippen molar-refractivity contribution in [2.24, 2.45) is 0 Å². The van der Waals surface area contributed by atoms with Gasteiger partial charge in [0.05, 0.1) is 0 Å². The molecule has 2 aromatic rings. The Balaban J connectivity index is 2.16. The summed E-state index contributed by atoms with van der Waals surface area (Å²) in [5.74, 6) is 0. The number of rotatable bonds is 2. The first-order chi connectivity index (χ1) is 7.45. The van der Waals surface area contributed by atoms with Gasteiger partial charge in [0.25, 0.3) is 0 Å². The van der Waals surface area contributed by atoms with E-state index in [1.165, 1.54) is 11.1 Å². The fourth-order valence-corrected chi connectivity index (χ4v) is 2.50. The summed E-state index contributed by atoms with van der Waals surface area (Å²) in [5, 5.41) is 0. The number of hydrogen-bond acceptors (Lipinski definition) is 0. The molecule has 15 heavy (non-hydrogen) atoms. The Bertz CT molecular complexity index is 422. The number of hydrogen-bond donors (Lipinski definition) is 0. The summed E-state index contributed by atoms with van der Waals surface area (Å²) < 4.78 is 4.56. The zero-order valence-corrected chi connectivity index (χ0v) is 9.80. The maximum absolute atomic E-state index is 2.28. The van der Waals surface area contributed by atoms with Crippen molar-refractivity contribution in [3.05, 3.63) is 71.8 Å². The molecule has 78 valence electrons. The maximum atomic E-state index is 2.28. The third-order valence-electron chi connectivity index (χ3n) is 1.92. The molecule has 0 radical (unpaired) electrons.